The van der Waals surface area contributed by atoms with E-state index in [1.807, 2.05) is 61.6 Å². The van der Waals surface area contributed by atoms with E-state index < -0.39 is 29.3 Å². The van der Waals surface area contributed by atoms with Crippen LogP contribution < -0.4 is 41.5 Å². The topological polar surface area (TPSA) is 165 Å². The third-order valence-corrected chi connectivity index (χ3v) is 13.0. The number of anilines is 4. The van der Waals surface area contributed by atoms with Gasteiger partial charge in [-0.2, -0.15) is 0 Å². The number of hydrogen-bond donors (Lipinski definition) is 3. The molecule has 0 saturated carbocycles. The second-order valence-electron chi connectivity index (χ2n) is 18.5. The fourth-order valence-corrected chi connectivity index (χ4v) is 8.41. The van der Waals surface area contributed by atoms with Gasteiger partial charge in [-0.1, -0.05) is 15.9 Å². The van der Waals surface area contributed by atoms with Crippen molar-refractivity contribution in [2.24, 2.45) is 0 Å². The van der Waals surface area contributed by atoms with Crippen molar-refractivity contribution in [2.45, 2.75) is 24.7 Å². The molecule has 0 aliphatic carbocycles. The highest BCUT2D eigenvalue weighted by molar-refractivity contribution is 9.09. The molecule has 6 aromatic rings. The van der Waals surface area contributed by atoms with Crippen molar-refractivity contribution in [3.05, 3.63) is 139 Å². The van der Waals surface area contributed by atoms with Crippen LogP contribution in [-0.2, 0) is 9.47 Å². The van der Waals surface area contributed by atoms with Gasteiger partial charge in [0.2, 0.25) is 0 Å². The SMILES string of the molecule is Br.CC(Br)c1cc(C(=O)NCCN(C)C)cc2c(=O)cc(N3CCOCC3)oc12.CC(c1cc(C(=O)NCCN(C)C)cc2c(=O)cc(N3CCOCC3)oc12)N(C)c1ccc(F)c(F)c1.CNc1ccc(F)c(F)c1. The number of nitrogens with one attached hydrogen (secondary N) is 3. The lowest BCUT2D eigenvalue weighted by atomic mass is 9.99. The summed E-state index contributed by atoms with van der Waals surface area (Å²) in [6, 6.07) is 16.5. The van der Waals surface area contributed by atoms with Crippen molar-refractivity contribution in [3.8, 4) is 0 Å². The van der Waals surface area contributed by atoms with Gasteiger partial charge in [0.1, 0.15) is 11.2 Å². The molecule has 2 aromatic heterocycles. The van der Waals surface area contributed by atoms with Gasteiger partial charge in [-0.15, -0.1) is 17.0 Å². The highest BCUT2D eigenvalue weighted by Gasteiger charge is 2.25. The zero-order valence-corrected chi connectivity index (χ0v) is 47.2. The standard InChI is InChI=1S/C27H32F2N4O4.C20H26BrN3O4.C7H7F2N.BrH/c1-17(32(4)19-5-6-22(28)23(29)15-19)20-13-18(27(35)30-7-8-31(2)3)14-21-24(34)16-25(37-26(20)21)33-9-11-36-12-10-33;1-13(21)15-10-14(20(26)22-4-5-23(2)3)11-16-17(25)12-18(28-19(15)16)24-6-8-27-9-7-24;1-10-5-2-3-6(8)7(9)4-5;/h5-6,13-17H,7-12H2,1-4H3,(H,30,35);10-13H,4-9H2,1-3H3,(H,22,26);2-4,10H,1H3;1H. The summed E-state index contributed by atoms with van der Waals surface area (Å²) in [4.78, 5) is 61.2. The van der Waals surface area contributed by atoms with E-state index in [0.717, 1.165) is 36.4 Å². The average Bonchev–Trinajstić information content (AvgIpc) is 3.40. The van der Waals surface area contributed by atoms with Gasteiger partial charge >= 0.3 is 0 Å². The van der Waals surface area contributed by atoms with Crippen LogP contribution in [0.15, 0.2) is 91.2 Å². The lowest BCUT2D eigenvalue weighted by Gasteiger charge is -2.30. The molecule has 4 aromatic carbocycles. The molecule has 76 heavy (non-hydrogen) atoms. The van der Waals surface area contributed by atoms with Crippen molar-refractivity contribution in [1.29, 1.82) is 0 Å². The van der Waals surface area contributed by atoms with Crippen LogP contribution in [0.4, 0.5) is 40.7 Å². The van der Waals surface area contributed by atoms with E-state index in [0.29, 0.717) is 129 Å². The molecular weight excluding hydrogens is 1120 g/mol. The first-order valence-corrected chi connectivity index (χ1v) is 25.4. The van der Waals surface area contributed by atoms with Crippen LogP contribution in [0.2, 0.25) is 0 Å². The van der Waals surface area contributed by atoms with E-state index in [9.17, 15) is 36.7 Å². The minimum atomic E-state index is -0.962. The highest BCUT2D eigenvalue weighted by atomic mass is 79.9. The molecular formula is C54H66Br2F4N8O8. The first-order valence-electron chi connectivity index (χ1n) is 24.5. The Bertz CT molecular complexity index is 3060. The maximum Gasteiger partial charge on any atom is 0.251 e. The first-order chi connectivity index (χ1) is 35.8. The van der Waals surface area contributed by atoms with Gasteiger partial charge in [0.25, 0.3) is 11.8 Å². The number of carbonyl (C=O) groups is 2. The van der Waals surface area contributed by atoms with Gasteiger partial charge in [-0.05, 0) is 96.6 Å². The fraction of sp³-hybridized carbons (Fsp3) is 0.407. The van der Waals surface area contributed by atoms with Crippen molar-refractivity contribution < 1.29 is 45.5 Å². The molecule has 2 atom stereocenters. The smallest absolute Gasteiger partial charge is 0.251 e. The lowest BCUT2D eigenvalue weighted by Crippen LogP contribution is -2.36. The lowest BCUT2D eigenvalue weighted by molar-refractivity contribution is 0.0943. The van der Waals surface area contributed by atoms with Gasteiger partial charge < -0.3 is 58.8 Å². The molecule has 2 saturated heterocycles. The number of amides is 2. The number of halogens is 6. The van der Waals surface area contributed by atoms with Crippen LogP contribution in [0.1, 0.15) is 56.6 Å². The average molecular weight is 1190 g/mol. The zero-order chi connectivity index (χ0) is 54.5. The van der Waals surface area contributed by atoms with E-state index in [4.69, 9.17) is 18.3 Å². The zero-order valence-electron chi connectivity index (χ0n) is 43.9. The van der Waals surface area contributed by atoms with E-state index in [-0.39, 0.29) is 49.9 Å². The van der Waals surface area contributed by atoms with Gasteiger partial charge in [-0.25, -0.2) is 17.6 Å². The van der Waals surface area contributed by atoms with Crippen LogP contribution in [0.3, 0.4) is 0 Å². The van der Waals surface area contributed by atoms with Crippen molar-refractivity contribution >= 4 is 89.8 Å². The number of likely N-dealkylation sites (N-methyl/N-ethyl adjacent to an activating group) is 2. The molecule has 2 amide bonds. The third kappa shape index (κ3) is 16.0. The number of benzene rings is 4. The van der Waals surface area contributed by atoms with Crippen LogP contribution >= 0.6 is 32.9 Å². The maximum absolute atomic E-state index is 14.0. The Hall–Kier alpha value is -6.04. The minimum Gasteiger partial charge on any atom is -0.440 e. The molecule has 0 radical (unpaired) electrons. The predicted molar refractivity (Wildman–Crippen MR) is 300 cm³/mol. The Labute approximate surface area is 458 Å². The number of alkyl halides is 1. The summed E-state index contributed by atoms with van der Waals surface area (Å²) < 4.78 is 75.3. The van der Waals surface area contributed by atoms with Crippen LogP contribution in [0, 0.1) is 23.3 Å². The molecule has 22 heteroatoms. The van der Waals surface area contributed by atoms with Gasteiger partial charge in [0.05, 0.1) is 43.2 Å². The van der Waals surface area contributed by atoms with Crippen molar-refractivity contribution in [3.63, 3.8) is 0 Å². The number of rotatable bonds is 15. The summed E-state index contributed by atoms with van der Waals surface area (Å²) >= 11 is 3.57. The number of nitrogens with zero attached hydrogens (tertiary/aromatic N) is 5. The van der Waals surface area contributed by atoms with Gasteiger partial charge in [0, 0.05) is 123 Å². The molecule has 3 N–H and O–H groups in total. The molecule has 2 fully saturated rings. The molecule has 16 nitrogen and oxygen atoms in total. The van der Waals surface area contributed by atoms with Gasteiger partial charge in [-0.3, -0.25) is 19.2 Å². The maximum atomic E-state index is 14.0. The molecule has 2 aliphatic rings. The molecule has 412 valence electrons. The van der Waals surface area contributed by atoms with Gasteiger partial charge in [0.15, 0.2) is 45.9 Å². The van der Waals surface area contributed by atoms with Crippen LogP contribution in [0.5, 0.6) is 0 Å². The second-order valence-corrected chi connectivity index (χ2v) is 19.9. The van der Waals surface area contributed by atoms with E-state index in [2.05, 4.69) is 31.9 Å². The fourth-order valence-electron chi connectivity index (χ4n) is 8.07. The summed E-state index contributed by atoms with van der Waals surface area (Å²) in [5.41, 5.74) is 3.58. The highest BCUT2D eigenvalue weighted by Crippen LogP contribution is 2.35. The Morgan fingerprint density at radius 1 is 0.618 bits per heavy atom. The Kier molecular flexibility index (Phi) is 22.7. The summed E-state index contributed by atoms with van der Waals surface area (Å²) in [5, 5.41) is 9.15. The Morgan fingerprint density at radius 3 is 1.47 bits per heavy atom. The minimum absolute atomic E-state index is 0. The number of morpholine rings is 2. The largest absolute Gasteiger partial charge is 0.440 e. The molecule has 0 spiro atoms. The van der Waals surface area contributed by atoms with Crippen molar-refractivity contribution in [2.75, 3.05) is 141 Å². The second kappa shape index (κ2) is 28.4. The molecule has 8 rings (SSSR count). The molecule has 2 aliphatic heterocycles. The summed E-state index contributed by atoms with van der Waals surface area (Å²) in [6.07, 6.45) is 0. The number of ether oxygens (including phenoxy) is 2. The summed E-state index contributed by atoms with van der Waals surface area (Å²) in [7, 11) is 11.1. The third-order valence-electron chi connectivity index (χ3n) is 12.5. The van der Waals surface area contributed by atoms with Crippen molar-refractivity contribution in [1.82, 2.24) is 20.4 Å². The number of carbonyl (C=O) groups excluding carboxylic acids is 2. The summed E-state index contributed by atoms with van der Waals surface area (Å²) in [5.74, 6) is -3.10. The van der Waals surface area contributed by atoms with Crippen LogP contribution in [0.25, 0.3) is 21.9 Å². The predicted octanol–water partition coefficient (Wildman–Crippen LogP) is 8.36. The van der Waals surface area contributed by atoms with E-state index in [1.54, 1.807) is 43.3 Å². The molecule has 0 bridgehead atoms. The quantitative estimate of drug-likeness (QED) is 0.0664. The van der Waals surface area contributed by atoms with E-state index in [1.165, 1.54) is 24.3 Å². The number of hydrogen-bond acceptors (Lipinski definition) is 14. The number of fused-ring (bicyclic) bond motifs is 2. The molecule has 4 heterocycles. The summed E-state index contributed by atoms with van der Waals surface area (Å²) in [6.45, 7) is 11.0. The Balaban J connectivity index is 0.000000240. The van der Waals surface area contributed by atoms with E-state index >= 15 is 0 Å². The monoisotopic (exact) mass is 1190 g/mol. The normalized spacial score (nSPS) is 14.2. The first kappa shape index (κ1) is 60.8. The Morgan fingerprint density at radius 2 is 1.05 bits per heavy atom. The van der Waals surface area contributed by atoms with Crippen LogP contribution in [-0.4, -0.2) is 143 Å². The molecule has 2 unspecified atom stereocenters.